The lowest BCUT2D eigenvalue weighted by molar-refractivity contribution is -0.125. The monoisotopic (exact) mass is 497 g/mol. The Morgan fingerprint density at radius 2 is 1.70 bits per heavy atom. The van der Waals surface area contributed by atoms with E-state index in [0.717, 1.165) is 22.4 Å². The Balaban J connectivity index is 2.23. The van der Waals surface area contributed by atoms with Crippen LogP contribution in [0.25, 0.3) is 0 Å². The molecule has 0 spiro atoms. The van der Waals surface area contributed by atoms with Crippen LogP contribution in [0.4, 0.5) is 0 Å². The van der Waals surface area contributed by atoms with Crippen molar-refractivity contribution in [2.45, 2.75) is 32.0 Å². The molecule has 11 heteroatoms. The predicted octanol–water partition coefficient (Wildman–Crippen LogP) is 0.612. The van der Waals surface area contributed by atoms with E-state index < -0.39 is 43.8 Å². The molecular weight excluding hydrogens is 466 g/mol. The average molecular weight is 498 g/mol. The van der Waals surface area contributed by atoms with Crippen LogP contribution < -0.4 is 5.32 Å². The smallest absolute Gasteiger partial charge is 0.224 e. The van der Waals surface area contributed by atoms with E-state index in [9.17, 15) is 26.7 Å². The number of pyridine rings is 1. The van der Waals surface area contributed by atoms with Crippen LogP contribution in [0, 0.1) is 5.92 Å². The number of nitrogens with zero attached hydrogens (tertiary/aromatic N) is 2. The van der Waals surface area contributed by atoms with Gasteiger partial charge in [0.05, 0.1) is 24.2 Å². The van der Waals surface area contributed by atoms with Crippen LogP contribution in [-0.4, -0.2) is 74.1 Å². The fourth-order valence-corrected chi connectivity index (χ4v) is 5.22. The van der Waals surface area contributed by atoms with E-state index in [1.165, 1.54) is 6.92 Å². The molecule has 0 aliphatic carbocycles. The third kappa shape index (κ3) is 9.58. The Bertz CT molecular complexity index is 1110. The Hall–Kier alpha value is -2.34. The quantitative estimate of drug-likeness (QED) is 0.439. The molecule has 33 heavy (non-hydrogen) atoms. The van der Waals surface area contributed by atoms with Gasteiger partial charge in [0.25, 0.3) is 0 Å². The van der Waals surface area contributed by atoms with Crippen LogP contribution in [0.3, 0.4) is 0 Å². The lowest BCUT2D eigenvalue weighted by Gasteiger charge is -2.30. The number of carbonyl (C=O) groups excluding carboxylic acids is 1. The number of aliphatic hydroxyl groups is 1. The van der Waals surface area contributed by atoms with Crippen molar-refractivity contribution in [3.05, 3.63) is 66.0 Å². The van der Waals surface area contributed by atoms with E-state index in [0.29, 0.717) is 5.56 Å². The number of sulfone groups is 1. The largest absolute Gasteiger partial charge is 0.390 e. The highest BCUT2D eigenvalue weighted by Gasteiger charge is 2.29. The normalized spacial score (nSPS) is 15.1. The van der Waals surface area contributed by atoms with Crippen molar-refractivity contribution in [3.8, 4) is 0 Å². The van der Waals surface area contributed by atoms with Crippen molar-refractivity contribution >= 4 is 25.8 Å². The van der Waals surface area contributed by atoms with E-state index in [1.54, 1.807) is 24.5 Å². The molecule has 2 rings (SSSR count). The van der Waals surface area contributed by atoms with Crippen molar-refractivity contribution in [1.29, 1.82) is 0 Å². The Kier molecular flexibility index (Phi) is 9.53. The SMILES string of the molecule is CC(CS(C)(=O)=O)C(=O)N[C@@H](Cc1ccccc1)C(O)CN(Cc1cccnc1)S(C)(=O)=O. The second-order valence-corrected chi connectivity index (χ2v) is 12.4. The number of amides is 1. The van der Waals surface area contributed by atoms with Gasteiger partial charge in [-0.05, 0) is 23.6 Å². The van der Waals surface area contributed by atoms with Crippen molar-refractivity contribution in [2.24, 2.45) is 5.92 Å². The molecule has 1 heterocycles. The van der Waals surface area contributed by atoms with E-state index in [1.807, 2.05) is 30.3 Å². The Morgan fingerprint density at radius 3 is 2.24 bits per heavy atom. The number of aliphatic hydroxyl groups excluding tert-OH is 1. The highest BCUT2D eigenvalue weighted by molar-refractivity contribution is 7.90. The average Bonchev–Trinajstić information content (AvgIpc) is 2.72. The molecule has 2 unspecified atom stereocenters. The molecule has 2 aromatic rings. The van der Waals surface area contributed by atoms with E-state index in [-0.39, 0.29) is 25.3 Å². The molecule has 2 N–H and O–H groups in total. The number of benzene rings is 1. The molecule has 9 nitrogen and oxygen atoms in total. The van der Waals surface area contributed by atoms with E-state index >= 15 is 0 Å². The van der Waals surface area contributed by atoms with Gasteiger partial charge in [0.15, 0.2) is 0 Å². The van der Waals surface area contributed by atoms with Crippen LogP contribution >= 0.6 is 0 Å². The lowest BCUT2D eigenvalue weighted by atomic mass is 10.00. The van der Waals surface area contributed by atoms with Gasteiger partial charge in [-0.15, -0.1) is 0 Å². The number of sulfonamides is 1. The molecule has 1 aromatic carbocycles. The fraction of sp³-hybridized carbons (Fsp3) is 0.455. The fourth-order valence-electron chi connectivity index (χ4n) is 3.35. The summed E-state index contributed by atoms with van der Waals surface area (Å²) in [5.74, 6) is -1.69. The molecule has 1 amide bonds. The van der Waals surface area contributed by atoms with E-state index in [2.05, 4.69) is 10.3 Å². The molecule has 0 saturated heterocycles. The Labute approximate surface area is 195 Å². The molecular formula is C22H31N3O6S2. The molecule has 0 aliphatic heterocycles. The summed E-state index contributed by atoms with van der Waals surface area (Å²) < 4.78 is 49.0. The summed E-state index contributed by atoms with van der Waals surface area (Å²) in [4.78, 5) is 16.7. The summed E-state index contributed by atoms with van der Waals surface area (Å²) in [6, 6.07) is 11.7. The first-order valence-electron chi connectivity index (χ1n) is 10.4. The van der Waals surface area contributed by atoms with Crippen molar-refractivity contribution < 1.29 is 26.7 Å². The minimum absolute atomic E-state index is 0.0141. The van der Waals surface area contributed by atoms with Gasteiger partial charge < -0.3 is 10.4 Å². The number of aromatic nitrogens is 1. The van der Waals surface area contributed by atoms with Crippen LogP contribution in [0.5, 0.6) is 0 Å². The standard InChI is InChI=1S/C22H31N3O6S2/c1-17(16-32(2,28)29)22(27)24-20(12-18-8-5-4-6-9-18)21(26)15-25(33(3,30)31)14-19-10-7-11-23-13-19/h4-11,13,17,20-21,26H,12,14-16H2,1-3H3,(H,24,27)/t17?,20-,21?/m0/s1. The molecule has 1 aromatic heterocycles. The molecule has 0 saturated carbocycles. The van der Waals surface area contributed by atoms with Gasteiger partial charge in [0.2, 0.25) is 15.9 Å². The molecule has 0 radical (unpaired) electrons. The molecule has 3 atom stereocenters. The van der Waals surface area contributed by atoms with Gasteiger partial charge in [-0.25, -0.2) is 16.8 Å². The first kappa shape index (κ1) is 26.9. The lowest BCUT2D eigenvalue weighted by Crippen LogP contribution is -2.51. The van der Waals surface area contributed by atoms with Gasteiger partial charge >= 0.3 is 0 Å². The zero-order valence-corrected chi connectivity index (χ0v) is 20.6. The van der Waals surface area contributed by atoms with Crippen LogP contribution in [0.15, 0.2) is 54.9 Å². The van der Waals surface area contributed by atoms with Gasteiger partial charge in [-0.1, -0.05) is 43.3 Å². The third-order valence-corrected chi connectivity index (χ3v) is 7.35. The number of hydrogen-bond acceptors (Lipinski definition) is 7. The van der Waals surface area contributed by atoms with Crippen LogP contribution in [0.2, 0.25) is 0 Å². The number of hydrogen-bond donors (Lipinski definition) is 2. The summed E-state index contributed by atoms with van der Waals surface area (Å²) in [6.07, 6.45) is 4.22. The summed E-state index contributed by atoms with van der Waals surface area (Å²) >= 11 is 0. The first-order chi connectivity index (χ1) is 15.3. The zero-order chi connectivity index (χ0) is 24.6. The van der Waals surface area contributed by atoms with Crippen LogP contribution in [0.1, 0.15) is 18.1 Å². The summed E-state index contributed by atoms with van der Waals surface area (Å²) in [6.45, 7) is 1.25. The van der Waals surface area contributed by atoms with Gasteiger partial charge in [-0.2, -0.15) is 4.31 Å². The summed E-state index contributed by atoms with van der Waals surface area (Å²) in [5.41, 5.74) is 1.48. The van der Waals surface area contributed by atoms with Gasteiger partial charge in [0, 0.05) is 37.7 Å². The number of nitrogens with one attached hydrogen (secondary N) is 1. The number of rotatable bonds is 12. The van der Waals surface area contributed by atoms with Gasteiger partial charge in [-0.3, -0.25) is 9.78 Å². The minimum atomic E-state index is -3.68. The first-order valence-corrected chi connectivity index (χ1v) is 14.3. The van der Waals surface area contributed by atoms with Crippen molar-refractivity contribution in [1.82, 2.24) is 14.6 Å². The topological polar surface area (TPSA) is 134 Å². The van der Waals surface area contributed by atoms with Gasteiger partial charge in [0.1, 0.15) is 9.84 Å². The zero-order valence-electron chi connectivity index (χ0n) is 19.0. The molecule has 182 valence electrons. The second-order valence-electron chi connectivity index (χ2n) is 8.28. The second kappa shape index (κ2) is 11.7. The highest BCUT2D eigenvalue weighted by Crippen LogP contribution is 2.13. The Morgan fingerprint density at radius 1 is 1.06 bits per heavy atom. The van der Waals surface area contributed by atoms with Crippen molar-refractivity contribution in [2.75, 3.05) is 24.8 Å². The van der Waals surface area contributed by atoms with Crippen molar-refractivity contribution in [3.63, 3.8) is 0 Å². The molecule has 0 fully saturated rings. The maximum absolute atomic E-state index is 12.7. The van der Waals surface area contributed by atoms with Crippen LogP contribution in [-0.2, 0) is 37.6 Å². The summed E-state index contributed by atoms with van der Waals surface area (Å²) in [7, 11) is -7.05. The minimum Gasteiger partial charge on any atom is -0.390 e. The predicted molar refractivity (Wildman–Crippen MR) is 126 cm³/mol. The molecule has 0 aliphatic rings. The third-order valence-electron chi connectivity index (χ3n) is 5.03. The maximum atomic E-state index is 12.7. The summed E-state index contributed by atoms with van der Waals surface area (Å²) in [5, 5.41) is 13.7. The highest BCUT2D eigenvalue weighted by atomic mass is 32.2. The van der Waals surface area contributed by atoms with E-state index in [4.69, 9.17) is 0 Å². The number of carbonyl (C=O) groups is 1. The molecule has 0 bridgehead atoms. The maximum Gasteiger partial charge on any atom is 0.224 e.